The Morgan fingerprint density at radius 1 is 0.968 bits per heavy atom. The molecule has 1 saturated heterocycles. The highest BCUT2D eigenvalue weighted by Crippen LogP contribution is 2.22. The lowest BCUT2D eigenvalue weighted by atomic mass is 10.1. The molecule has 2 aromatic carbocycles. The summed E-state index contributed by atoms with van der Waals surface area (Å²) in [5.74, 6) is 0. The average molecular weight is 454 g/mol. The lowest BCUT2D eigenvalue weighted by Gasteiger charge is -2.33. The van der Waals surface area contributed by atoms with Crippen LogP contribution in [0.5, 0.6) is 0 Å². The molecule has 0 N–H and O–H groups in total. The number of benzene rings is 2. The highest BCUT2D eigenvalue weighted by Gasteiger charge is 2.28. The van der Waals surface area contributed by atoms with Crippen LogP contribution in [0.25, 0.3) is 16.6 Å². The SMILES string of the molecule is Cc1cc2nn(CN3CCN(S(=O)(=O)c4ccccc4)CC3)c(=S)n2c2ccccc12. The summed E-state index contributed by atoms with van der Waals surface area (Å²) in [6.07, 6.45) is 0. The van der Waals surface area contributed by atoms with Crippen molar-refractivity contribution in [1.82, 2.24) is 23.4 Å². The molecule has 3 heterocycles. The molecule has 1 aliphatic heterocycles. The van der Waals surface area contributed by atoms with E-state index in [4.69, 9.17) is 17.3 Å². The summed E-state index contributed by atoms with van der Waals surface area (Å²) >= 11 is 5.74. The van der Waals surface area contributed by atoms with Crippen LogP contribution in [-0.4, -0.2) is 58.0 Å². The van der Waals surface area contributed by atoms with Gasteiger partial charge in [0.1, 0.15) is 0 Å². The van der Waals surface area contributed by atoms with Crippen LogP contribution in [0.2, 0.25) is 0 Å². The van der Waals surface area contributed by atoms with Gasteiger partial charge in [-0.05, 0) is 49.0 Å². The van der Waals surface area contributed by atoms with Crippen LogP contribution in [0.1, 0.15) is 5.56 Å². The number of piperazine rings is 1. The Balaban J connectivity index is 1.37. The Kier molecular flexibility index (Phi) is 5.13. The van der Waals surface area contributed by atoms with Gasteiger partial charge in [-0.25, -0.2) is 13.1 Å². The molecule has 0 radical (unpaired) electrons. The quantitative estimate of drug-likeness (QED) is 0.444. The van der Waals surface area contributed by atoms with Crippen LogP contribution in [0.15, 0.2) is 65.6 Å². The summed E-state index contributed by atoms with van der Waals surface area (Å²) in [5.41, 5.74) is 3.04. The number of para-hydroxylation sites is 1. The van der Waals surface area contributed by atoms with Crippen molar-refractivity contribution in [2.45, 2.75) is 18.5 Å². The Hall–Kier alpha value is -2.59. The predicted molar refractivity (Wildman–Crippen MR) is 123 cm³/mol. The summed E-state index contributed by atoms with van der Waals surface area (Å²) in [5, 5.41) is 5.89. The molecule has 0 atom stereocenters. The van der Waals surface area contributed by atoms with E-state index in [-0.39, 0.29) is 0 Å². The number of fused-ring (bicyclic) bond motifs is 3. The first-order valence-electron chi connectivity index (χ1n) is 10.2. The second-order valence-corrected chi connectivity index (χ2v) is 10.1. The smallest absolute Gasteiger partial charge is 0.243 e. The molecule has 5 rings (SSSR count). The van der Waals surface area contributed by atoms with Crippen molar-refractivity contribution in [3.05, 3.63) is 71.0 Å². The second-order valence-electron chi connectivity index (χ2n) is 7.80. The van der Waals surface area contributed by atoms with Crippen LogP contribution in [0, 0.1) is 11.7 Å². The number of sulfonamides is 1. The molecular formula is C22H23N5O2S2. The van der Waals surface area contributed by atoms with Gasteiger partial charge in [0.05, 0.1) is 17.1 Å². The second kappa shape index (κ2) is 7.83. The molecule has 7 nitrogen and oxygen atoms in total. The highest BCUT2D eigenvalue weighted by atomic mass is 32.2. The van der Waals surface area contributed by atoms with E-state index in [1.54, 1.807) is 28.6 Å². The van der Waals surface area contributed by atoms with Crippen molar-refractivity contribution in [2.24, 2.45) is 0 Å². The average Bonchev–Trinajstić information content (AvgIpc) is 3.10. The summed E-state index contributed by atoms with van der Waals surface area (Å²) in [6.45, 7) is 4.76. The monoisotopic (exact) mass is 453 g/mol. The van der Waals surface area contributed by atoms with E-state index < -0.39 is 10.0 Å². The fraction of sp³-hybridized carbons (Fsp3) is 0.273. The van der Waals surface area contributed by atoms with Crippen molar-refractivity contribution >= 4 is 38.8 Å². The summed E-state index contributed by atoms with van der Waals surface area (Å²) < 4.78 is 31.7. The molecule has 31 heavy (non-hydrogen) atoms. The van der Waals surface area contributed by atoms with Gasteiger partial charge in [0.15, 0.2) is 5.65 Å². The van der Waals surface area contributed by atoms with Gasteiger partial charge < -0.3 is 0 Å². The van der Waals surface area contributed by atoms with E-state index in [0.717, 1.165) is 22.1 Å². The van der Waals surface area contributed by atoms with Crippen molar-refractivity contribution < 1.29 is 8.42 Å². The van der Waals surface area contributed by atoms with Crippen molar-refractivity contribution in [1.29, 1.82) is 0 Å². The molecule has 1 aliphatic rings. The van der Waals surface area contributed by atoms with Gasteiger partial charge >= 0.3 is 0 Å². The molecule has 0 aliphatic carbocycles. The minimum Gasteiger partial charge on any atom is -0.282 e. The summed E-state index contributed by atoms with van der Waals surface area (Å²) in [4.78, 5) is 2.53. The Bertz CT molecular complexity index is 1420. The van der Waals surface area contributed by atoms with Gasteiger partial charge in [-0.15, -0.1) is 0 Å². The van der Waals surface area contributed by atoms with Crippen LogP contribution < -0.4 is 0 Å². The number of hydrogen-bond acceptors (Lipinski definition) is 5. The van der Waals surface area contributed by atoms with E-state index >= 15 is 0 Å². The number of aryl methyl sites for hydroxylation is 1. The molecule has 2 aromatic heterocycles. The zero-order valence-corrected chi connectivity index (χ0v) is 18.8. The molecule has 9 heteroatoms. The number of pyridine rings is 1. The van der Waals surface area contributed by atoms with E-state index in [2.05, 4.69) is 30.0 Å². The maximum Gasteiger partial charge on any atom is 0.243 e. The van der Waals surface area contributed by atoms with E-state index in [0.29, 0.717) is 42.5 Å². The van der Waals surface area contributed by atoms with E-state index in [1.807, 2.05) is 27.3 Å². The zero-order valence-electron chi connectivity index (χ0n) is 17.2. The predicted octanol–water partition coefficient (Wildman–Crippen LogP) is 3.29. The first-order valence-corrected chi connectivity index (χ1v) is 12.1. The van der Waals surface area contributed by atoms with Gasteiger partial charge in [-0.3, -0.25) is 9.30 Å². The molecule has 1 fully saturated rings. The minimum atomic E-state index is -3.46. The maximum atomic E-state index is 12.8. The third-order valence-electron chi connectivity index (χ3n) is 5.83. The van der Waals surface area contributed by atoms with Crippen LogP contribution in [-0.2, 0) is 16.7 Å². The third kappa shape index (κ3) is 3.57. The van der Waals surface area contributed by atoms with Crippen LogP contribution in [0.4, 0.5) is 0 Å². The van der Waals surface area contributed by atoms with Gasteiger partial charge in [-0.2, -0.15) is 9.40 Å². The van der Waals surface area contributed by atoms with Crippen molar-refractivity contribution in [3.8, 4) is 0 Å². The number of rotatable bonds is 4. The number of nitrogens with zero attached hydrogens (tertiary/aromatic N) is 5. The third-order valence-corrected chi connectivity index (χ3v) is 8.13. The fourth-order valence-electron chi connectivity index (χ4n) is 4.15. The molecule has 0 bridgehead atoms. The van der Waals surface area contributed by atoms with Crippen LogP contribution >= 0.6 is 12.2 Å². The first-order chi connectivity index (χ1) is 14.9. The standard InChI is InChI=1S/C22H23N5O2S2/c1-17-15-21-23-26(22(30)27(21)20-10-6-5-9-19(17)20)16-24-11-13-25(14-12-24)31(28,29)18-7-3-2-4-8-18/h2-10,15H,11-14,16H2,1H3. The van der Waals surface area contributed by atoms with Gasteiger partial charge in [-0.1, -0.05) is 36.4 Å². The molecule has 160 valence electrons. The number of hydrogen-bond donors (Lipinski definition) is 0. The molecule has 0 amide bonds. The van der Waals surface area contributed by atoms with Crippen molar-refractivity contribution in [2.75, 3.05) is 26.2 Å². The maximum absolute atomic E-state index is 12.8. The Labute approximate surface area is 186 Å². The number of aromatic nitrogens is 3. The van der Waals surface area contributed by atoms with Gasteiger partial charge in [0, 0.05) is 31.6 Å². The molecular weight excluding hydrogens is 430 g/mol. The Morgan fingerprint density at radius 2 is 1.65 bits per heavy atom. The van der Waals surface area contributed by atoms with Crippen molar-refractivity contribution in [3.63, 3.8) is 0 Å². The molecule has 4 aromatic rings. The lowest BCUT2D eigenvalue weighted by molar-refractivity contribution is 0.145. The largest absolute Gasteiger partial charge is 0.282 e. The normalized spacial score (nSPS) is 16.3. The molecule has 0 unspecified atom stereocenters. The van der Waals surface area contributed by atoms with Gasteiger partial charge in [0.2, 0.25) is 14.8 Å². The topological polar surface area (TPSA) is 62.9 Å². The minimum absolute atomic E-state index is 0.341. The Morgan fingerprint density at radius 3 is 2.39 bits per heavy atom. The summed E-state index contributed by atoms with van der Waals surface area (Å²) in [6, 6.07) is 18.8. The zero-order chi connectivity index (χ0) is 21.6. The molecule has 0 saturated carbocycles. The fourth-order valence-corrected chi connectivity index (χ4v) is 5.89. The molecule has 0 spiro atoms. The van der Waals surface area contributed by atoms with E-state index in [9.17, 15) is 8.42 Å². The first kappa shape index (κ1) is 20.3. The lowest BCUT2D eigenvalue weighted by Crippen LogP contribution is -2.48. The van der Waals surface area contributed by atoms with Crippen LogP contribution in [0.3, 0.4) is 0 Å². The summed E-state index contributed by atoms with van der Waals surface area (Å²) in [7, 11) is -3.46. The highest BCUT2D eigenvalue weighted by molar-refractivity contribution is 7.89. The van der Waals surface area contributed by atoms with E-state index in [1.165, 1.54) is 0 Å². The van der Waals surface area contributed by atoms with Gasteiger partial charge in [0.25, 0.3) is 0 Å².